The third-order valence-electron chi connectivity index (χ3n) is 16.3. The van der Waals surface area contributed by atoms with Crippen molar-refractivity contribution in [3.05, 3.63) is 214 Å². The van der Waals surface area contributed by atoms with Gasteiger partial charge in [0, 0.05) is 43.9 Å². The van der Waals surface area contributed by atoms with Gasteiger partial charge in [-0.25, -0.2) is 9.97 Å². The van der Waals surface area contributed by atoms with Crippen molar-refractivity contribution in [3.63, 3.8) is 0 Å². The van der Waals surface area contributed by atoms with Crippen molar-refractivity contribution in [2.45, 2.75) is 77.0 Å². The Morgan fingerprint density at radius 1 is 0.227 bits per heavy atom. The van der Waals surface area contributed by atoms with E-state index in [1.54, 1.807) is 0 Å². The zero-order chi connectivity index (χ0) is 45.1. The smallest absolute Gasteiger partial charge is 0.0973 e. The van der Waals surface area contributed by atoms with Crippen LogP contribution < -0.4 is 0 Å². The van der Waals surface area contributed by atoms with Crippen LogP contribution in [0.2, 0.25) is 0 Å². The van der Waals surface area contributed by atoms with Crippen molar-refractivity contribution in [2.75, 3.05) is 0 Å². The molecule has 9 aromatic rings. The van der Waals surface area contributed by atoms with Gasteiger partial charge >= 0.3 is 0 Å². The molecule has 0 saturated carbocycles. The quantitative estimate of drug-likeness (QED) is 0.176. The molecule has 4 aliphatic rings. The number of hydrogen-bond acceptors (Lipinski definition) is 2. The van der Waals surface area contributed by atoms with Gasteiger partial charge in [-0.2, -0.15) is 0 Å². The van der Waals surface area contributed by atoms with Gasteiger partial charge in [-0.1, -0.05) is 201 Å². The van der Waals surface area contributed by atoms with Gasteiger partial charge in [0.2, 0.25) is 0 Å². The van der Waals surface area contributed by atoms with Crippen LogP contribution in [0.4, 0.5) is 0 Å². The lowest BCUT2D eigenvalue weighted by molar-refractivity contribution is 0.660. The summed E-state index contributed by atoms with van der Waals surface area (Å²) < 4.78 is 0. The molecule has 2 nitrogen and oxygen atoms in total. The molecule has 66 heavy (non-hydrogen) atoms. The lowest BCUT2D eigenvalue weighted by Gasteiger charge is -2.24. The molecule has 0 radical (unpaired) electrons. The van der Waals surface area contributed by atoms with Gasteiger partial charge in [0.05, 0.1) is 22.8 Å². The van der Waals surface area contributed by atoms with Crippen molar-refractivity contribution >= 4 is 0 Å². The van der Waals surface area contributed by atoms with Crippen molar-refractivity contribution in [1.29, 1.82) is 0 Å². The second-order valence-electron chi connectivity index (χ2n) is 21.3. The highest BCUT2D eigenvalue weighted by Gasteiger charge is 2.40. The molecular weight excluding hydrogens is 797 g/mol. The molecule has 0 spiro atoms. The van der Waals surface area contributed by atoms with E-state index in [1.807, 2.05) is 0 Å². The third kappa shape index (κ3) is 5.19. The van der Waals surface area contributed by atoms with E-state index < -0.39 is 0 Å². The van der Waals surface area contributed by atoms with Crippen molar-refractivity contribution in [2.24, 2.45) is 0 Å². The van der Waals surface area contributed by atoms with Crippen LogP contribution in [0.3, 0.4) is 0 Å². The molecule has 13 rings (SSSR count). The second-order valence-corrected chi connectivity index (χ2v) is 21.3. The average Bonchev–Trinajstić information content (AvgIpc) is 3.91. The van der Waals surface area contributed by atoms with Gasteiger partial charge in [0.15, 0.2) is 0 Å². The first-order valence-corrected chi connectivity index (χ1v) is 23.7. The fourth-order valence-corrected chi connectivity index (χ4v) is 12.6. The lowest BCUT2D eigenvalue weighted by atomic mass is 9.80. The average molecular weight is 849 g/mol. The van der Waals surface area contributed by atoms with Crippen LogP contribution in [0.25, 0.3) is 89.5 Å². The summed E-state index contributed by atoms with van der Waals surface area (Å²) in [5.74, 6) is 0. The summed E-state index contributed by atoms with van der Waals surface area (Å²) in [6.45, 7) is 18.9. The maximum absolute atomic E-state index is 5.99. The first-order chi connectivity index (χ1) is 31.7. The Morgan fingerprint density at radius 3 is 0.652 bits per heavy atom. The van der Waals surface area contributed by atoms with E-state index in [9.17, 15) is 0 Å². The minimum Gasteiger partial charge on any atom is -0.243 e. The molecule has 0 saturated heterocycles. The highest BCUT2D eigenvalue weighted by molar-refractivity contribution is 5.93. The van der Waals surface area contributed by atoms with Crippen LogP contribution in [0, 0.1) is 0 Å². The first kappa shape index (κ1) is 39.2. The second kappa shape index (κ2) is 13.2. The van der Waals surface area contributed by atoms with Gasteiger partial charge in [-0.3, -0.25) is 0 Å². The van der Waals surface area contributed by atoms with Gasteiger partial charge in [0.25, 0.3) is 0 Å². The number of aromatic nitrogens is 2. The van der Waals surface area contributed by atoms with Crippen LogP contribution in [0.15, 0.2) is 170 Å². The third-order valence-corrected chi connectivity index (χ3v) is 16.3. The van der Waals surface area contributed by atoms with Crippen molar-refractivity contribution in [3.8, 4) is 89.5 Å². The molecule has 0 unspecified atom stereocenters. The predicted molar refractivity (Wildman–Crippen MR) is 274 cm³/mol. The number of benzene rings is 8. The number of nitrogens with zero attached hydrogens (tertiary/aromatic N) is 2. The summed E-state index contributed by atoms with van der Waals surface area (Å²) in [6, 6.07) is 63.7. The Balaban J connectivity index is 1.09. The van der Waals surface area contributed by atoms with Crippen LogP contribution >= 0.6 is 0 Å². The predicted octanol–water partition coefficient (Wildman–Crippen LogP) is 16.4. The Hall–Kier alpha value is -7.16. The van der Waals surface area contributed by atoms with Gasteiger partial charge < -0.3 is 0 Å². The van der Waals surface area contributed by atoms with E-state index in [0.717, 1.165) is 45.0 Å². The van der Waals surface area contributed by atoms with E-state index in [0.29, 0.717) is 0 Å². The fraction of sp³-hybridized carbons (Fsp3) is 0.188. The van der Waals surface area contributed by atoms with Crippen molar-refractivity contribution in [1.82, 2.24) is 9.97 Å². The fourth-order valence-electron chi connectivity index (χ4n) is 12.6. The topological polar surface area (TPSA) is 25.8 Å². The van der Waals surface area contributed by atoms with Gasteiger partial charge in [-0.15, -0.1) is 0 Å². The summed E-state index contributed by atoms with van der Waals surface area (Å²) in [5.41, 5.74) is 28.4. The molecular formula is C64H52N2. The van der Waals surface area contributed by atoms with Gasteiger partial charge in [0.1, 0.15) is 0 Å². The first-order valence-electron chi connectivity index (χ1n) is 23.7. The van der Waals surface area contributed by atoms with E-state index in [-0.39, 0.29) is 21.7 Å². The Kier molecular flexibility index (Phi) is 7.86. The minimum absolute atomic E-state index is 0.170. The highest BCUT2D eigenvalue weighted by Crippen LogP contribution is 2.55. The number of rotatable bonds is 4. The summed E-state index contributed by atoms with van der Waals surface area (Å²) in [7, 11) is 0. The summed E-state index contributed by atoms with van der Waals surface area (Å²) >= 11 is 0. The normalized spacial score (nSPS) is 16.4. The molecule has 0 N–H and O–H groups in total. The molecule has 1 heterocycles. The molecule has 4 aliphatic carbocycles. The van der Waals surface area contributed by atoms with Gasteiger partial charge in [-0.05, 0) is 113 Å². The maximum Gasteiger partial charge on any atom is 0.0973 e. The van der Waals surface area contributed by atoms with E-state index >= 15 is 0 Å². The standard InChI is InChI=1S/C64H52N2/c1-61(2)49-21-13-9-17-41(49)45-29-25-37(33-53(45)61)57-58(38-26-30-46-42-18-10-14-22-50(42)62(3,4)54(46)34-38)66-60(40-28-32-48-44-20-12-16-24-52(44)64(7,8)56(48)36-40)59(65-57)39-27-31-47-43-19-11-15-23-51(43)63(5,6)55(47)35-39/h9-36H,1-8H3. The van der Waals surface area contributed by atoms with E-state index in [4.69, 9.17) is 9.97 Å². The van der Waals surface area contributed by atoms with Crippen LogP contribution in [-0.4, -0.2) is 9.97 Å². The largest absolute Gasteiger partial charge is 0.243 e. The number of hydrogen-bond donors (Lipinski definition) is 0. The van der Waals surface area contributed by atoms with E-state index in [2.05, 4.69) is 225 Å². The summed E-state index contributed by atoms with van der Waals surface area (Å²) in [6.07, 6.45) is 0. The van der Waals surface area contributed by atoms with Crippen LogP contribution in [0.1, 0.15) is 99.9 Å². The molecule has 2 heteroatoms. The zero-order valence-corrected chi connectivity index (χ0v) is 39.1. The van der Waals surface area contributed by atoms with Crippen LogP contribution in [0.5, 0.6) is 0 Å². The molecule has 0 atom stereocenters. The zero-order valence-electron chi connectivity index (χ0n) is 39.1. The molecule has 0 aliphatic heterocycles. The summed E-state index contributed by atoms with van der Waals surface area (Å²) in [5, 5.41) is 0. The Morgan fingerprint density at radius 2 is 0.424 bits per heavy atom. The molecule has 8 aromatic carbocycles. The Labute approximate surface area is 389 Å². The SMILES string of the molecule is CC1(C)c2ccccc2-c2ccc(-c3nc(-c4ccc5c(c4)C(C)(C)c4ccccc4-5)c(-c4ccc5c(c4)C(C)(C)c4ccccc4-5)nc3-c3ccc4c(c3)C(C)(C)c3ccccc3-4)cc21. The summed E-state index contributed by atoms with van der Waals surface area (Å²) in [4.78, 5) is 12.0. The highest BCUT2D eigenvalue weighted by atomic mass is 14.9. The molecule has 0 fully saturated rings. The maximum atomic E-state index is 5.99. The lowest BCUT2D eigenvalue weighted by Crippen LogP contribution is -2.15. The minimum atomic E-state index is -0.170. The Bertz CT molecular complexity index is 3120. The monoisotopic (exact) mass is 848 g/mol. The molecule has 0 bridgehead atoms. The van der Waals surface area contributed by atoms with Crippen molar-refractivity contribution < 1.29 is 0 Å². The van der Waals surface area contributed by atoms with E-state index in [1.165, 1.54) is 89.0 Å². The molecule has 0 amide bonds. The molecule has 1 aromatic heterocycles. The molecule has 318 valence electrons. The number of fused-ring (bicyclic) bond motifs is 12. The van der Waals surface area contributed by atoms with Crippen LogP contribution in [-0.2, 0) is 21.7 Å².